The molecule has 2 heterocycles. The van der Waals surface area contributed by atoms with Crippen LogP contribution < -0.4 is 14.9 Å². The van der Waals surface area contributed by atoms with Crippen molar-refractivity contribution in [2.75, 3.05) is 20.3 Å². The van der Waals surface area contributed by atoms with E-state index in [1.165, 1.54) is 0 Å². The fraction of sp³-hybridized carbons (Fsp3) is 0.407. The van der Waals surface area contributed by atoms with E-state index >= 15 is 0 Å². The summed E-state index contributed by atoms with van der Waals surface area (Å²) in [5.41, 5.74) is 3.37. The lowest BCUT2D eigenvalue weighted by atomic mass is 9.97. The van der Waals surface area contributed by atoms with Gasteiger partial charge in [0.05, 0.1) is 30.7 Å². The van der Waals surface area contributed by atoms with Gasteiger partial charge in [-0.3, -0.25) is 9.59 Å². The molecule has 33 heavy (non-hydrogen) atoms. The summed E-state index contributed by atoms with van der Waals surface area (Å²) in [6, 6.07) is 8.87. The van der Waals surface area contributed by atoms with Crippen molar-refractivity contribution in [3.8, 4) is 11.5 Å². The number of ether oxygens (including phenoxy) is 2. The molecular formula is C27H31NO5. The van der Waals surface area contributed by atoms with Gasteiger partial charge in [0.25, 0.3) is 5.91 Å². The monoisotopic (exact) mass is 449 g/mol. The third kappa shape index (κ3) is 3.99. The maximum Gasteiger partial charge on any atom is 0.290 e. The Hall–Kier alpha value is -3.28. The van der Waals surface area contributed by atoms with E-state index in [0.29, 0.717) is 41.2 Å². The highest BCUT2D eigenvalue weighted by molar-refractivity contribution is 5.99. The Morgan fingerprint density at radius 3 is 2.52 bits per heavy atom. The van der Waals surface area contributed by atoms with Crippen molar-refractivity contribution in [3.63, 3.8) is 0 Å². The summed E-state index contributed by atoms with van der Waals surface area (Å²) in [5.74, 6) is 1.11. The zero-order chi connectivity index (χ0) is 23.7. The van der Waals surface area contributed by atoms with Gasteiger partial charge in [-0.05, 0) is 62.1 Å². The lowest BCUT2D eigenvalue weighted by Crippen LogP contribution is -2.30. The molecule has 1 aromatic heterocycles. The van der Waals surface area contributed by atoms with Crippen molar-refractivity contribution in [2.45, 2.75) is 53.0 Å². The van der Waals surface area contributed by atoms with Gasteiger partial charge in [0, 0.05) is 6.54 Å². The van der Waals surface area contributed by atoms with Crippen LogP contribution >= 0.6 is 0 Å². The number of nitrogens with zero attached hydrogens (tertiary/aromatic N) is 1. The molecule has 3 aromatic rings. The fourth-order valence-electron chi connectivity index (χ4n) is 4.71. The number of amides is 1. The highest BCUT2D eigenvalue weighted by Crippen LogP contribution is 2.41. The van der Waals surface area contributed by atoms with E-state index in [0.717, 1.165) is 36.0 Å². The van der Waals surface area contributed by atoms with Crippen LogP contribution in [0.2, 0.25) is 0 Å². The first kappa shape index (κ1) is 22.9. The number of unbranched alkanes of at least 4 members (excludes halogenated alkanes) is 2. The Kier molecular flexibility index (Phi) is 6.45. The second-order valence-corrected chi connectivity index (χ2v) is 8.58. The van der Waals surface area contributed by atoms with Crippen molar-refractivity contribution >= 4 is 16.9 Å². The van der Waals surface area contributed by atoms with Crippen LogP contribution in [0.25, 0.3) is 11.0 Å². The summed E-state index contributed by atoms with van der Waals surface area (Å²) < 4.78 is 17.4. The lowest BCUT2D eigenvalue weighted by molar-refractivity contribution is 0.0724. The molecule has 0 bridgehead atoms. The smallest absolute Gasteiger partial charge is 0.290 e. The predicted molar refractivity (Wildman–Crippen MR) is 129 cm³/mol. The molecule has 2 aromatic carbocycles. The standard InChI is InChI=1S/C27H31NO5/c1-6-8-9-12-28-23(18-10-11-20(32-7-2)21(15-18)31-5)22-24(29)19-14-16(3)13-17(4)25(19)33-26(22)27(28)30/h10-11,13-15,23H,6-9,12H2,1-5H3. The molecule has 0 saturated carbocycles. The minimum absolute atomic E-state index is 0.147. The minimum Gasteiger partial charge on any atom is -0.493 e. The van der Waals surface area contributed by atoms with Gasteiger partial charge in [0.2, 0.25) is 5.76 Å². The summed E-state index contributed by atoms with van der Waals surface area (Å²) >= 11 is 0. The van der Waals surface area contributed by atoms with Crippen LogP contribution in [0.3, 0.4) is 0 Å². The topological polar surface area (TPSA) is 69.0 Å². The Morgan fingerprint density at radius 1 is 1.03 bits per heavy atom. The number of hydrogen-bond acceptors (Lipinski definition) is 5. The zero-order valence-electron chi connectivity index (χ0n) is 20.0. The van der Waals surface area contributed by atoms with Crippen LogP contribution in [0, 0.1) is 13.8 Å². The Bertz CT molecular complexity index is 1260. The average Bonchev–Trinajstić information content (AvgIpc) is 3.07. The van der Waals surface area contributed by atoms with Crippen LogP contribution in [0.4, 0.5) is 0 Å². The first-order valence-electron chi connectivity index (χ1n) is 11.6. The second kappa shape index (κ2) is 9.30. The van der Waals surface area contributed by atoms with Crippen LogP contribution in [-0.4, -0.2) is 31.1 Å². The van der Waals surface area contributed by atoms with Crippen molar-refractivity contribution in [1.82, 2.24) is 4.90 Å². The van der Waals surface area contributed by atoms with E-state index in [1.54, 1.807) is 12.0 Å². The number of fused-ring (bicyclic) bond motifs is 2. The van der Waals surface area contributed by atoms with Crippen molar-refractivity contribution in [1.29, 1.82) is 0 Å². The molecule has 0 spiro atoms. The molecule has 0 saturated heterocycles. The van der Waals surface area contributed by atoms with E-state index in [2.05, 4.69) is 6.92 Å². The molecule has 6 nitrogen and oxygen atoms in total. The summed E-state index contributed by atoms with van der Waals surface area (Å²) in [6.07, 6.45) is 2.89. The largest absolute Gasteiger partial charge is 0.493 e. The zero-order valence-corrected chi connectivity index (χ0v) is 20.0. The number of methoxy groups -OCH3 is 1. The van der Waals surface area contributed by atoms with Gasteiger partial charge in [0.1, 0.15) is 5.58 Å². The van der Waals surface area contributed by atoms with E-state index in [1.807, 2.05) is 51.1 Å². The first-order chi connectivity index (χ1) is 15.9. The highest BCUT2D eigenvalue weighted by Gasteiger charge is 2.42. The van der Waals surface area contributed by atoms with Crippen LogP contribution in [0.1, 0.15) is 72.0 Å². The van der Waals surface area contributed by atoms with Gasteiger partial charge >= 0.3 is 0 Å². The van der Waals surface area contributed by atoms with Gasteiger partial charge < -0.3 is 18.8 Å². The third-order valence-electron chi connectivity index (χ3n) is 6.20. The van der Waals surface area contributed by atoms with Gasteiger partial charge in [0.15, 0.2) is 16.9 Å². The summed E-state index contributed by atoms with van der Waals surface area (Å²) in [4.78, 5) is 29.0. The molecule has 174 valence electrons. The molecule has 1 atom stereocenters. The SMILES string of the molecule is CCCCCN1C(=O)c2oc3c(C)cc(C)cc3c(=O)c2C1c1ccc(OCC)c(OC)c1. The number of carbonyl (C=O) groups is 1. The first-order valence-corrected chi connectivity index (χ1v) is 11.6. The fourth-order valence-corrected chi connectivity index (χ4v) is 4.71. The van der Waals surface area contributed by atoms with Crippen LogP contribution in [-0.2, 0) is 0 Å². The number of aryl methyl sites for hydroxylation is 2. The molecule has 1 aliphatic rings. The molecule has 1 unspecified atom stereocenters. The quantitative estimate of drug-likeness (QED) is 0.422. The second-order valence-electron chi connectivity index (χ2n) is 8.58. The molecule has 6 heteroatoms. The number of rotatable bonds is 8. The molecule has 0 aliphatic carbocycles. The van der Waals surface area contributed by atoms with Crippen molar-refractivity contribution in [2.24, 2.45) is 0 Å². The summed E-state index contributed by atoms with van der Waals surface area (Å²) in [7, 11) is 1.59. The molecule has 4 rings (SSSR count). The van der Waals surface area contributed by atoms with Gasteiger partial charge in [-0.1, -0.05) is 31.9 Å². The normalized spacial score (nSPS) is 15.2. The molecule has 1 aliphatic heterocycles. The minimum atomic E-state index is -0.532. The number of hydrogen-bond donors (Lipinski definition) is 0. The predicted octanol–water partition coefficient (Wildman–Crippen LogP) is 5.55. The van der Waals surface area contributed by atoms with E-state index in [-0.39, 0.29) is 17.1 Å². The third-order valence-corrected chi connectivity index (χ3v) is 6.20. The molecule has 1 amide bonds. The average molecular weight is 450 g/mol. The molecular weight excluding hydrogens is 418 g/mol. The van der Waals surface area contributed by atoms with Crippen molar-refractivity contribution in [3.05, 3.63) is 68.6 Å². The Morgan fingerprint density at radius 2 is 1.82 bits per heavy atom. The van der Waals surface area contributed by atoms with Gasteiger partial charge in [-0.2, -0.15) is 0 Å². The van der Waals surface area contributed by atoms with E-state index in [4.69, 9.17) is 13.9 Å². The number of benzene rings is 2. The molecule has 0 N–H and O–H groups in total. The maximum absolute atomic E-state index is 13.8. The Balaban J connectivity index is 1.93. The molecule has 0 radical (unpaired) electrons. The highest BCUT2D eigenvalue weighted by atomic mass is 16.5. The summed E-state index contributed by atoms with van der Waals surface area (Å²) in [6.45, 7) is 8.95. The van der Waals surface area contributed by atoms with Gasteiger partial charge in [-0.25, -0.2) is 0 Å². The van der Waals surface area contributed by atoms with Crippen LogP contribution in [0.5, 0.6) is 11.5 Å². The van der Waals surface area contributed by atoms with Crippen molar-refractivity contribution < 1.29 is 18.7 Å². The lowest BCUT2D eigenvalue weighted by Gasteiger charge is -2.25. The van der Waals surface area contributed by atoms with E-state index < -0.39 is 6.04 Å². The van der Waals surface area contributed by atoms with E-state index in [9.17, 15) is 9.59 Å². The number of carbonyl (C=O) groups excluding carboxylic acids is 1. The van der Waals surface area contributed by atoms with Gasteiger partial charge in [-0.15, -0.1) is 0 Å². The maximum atomic E-state index is 13.8. The summed E-state index contributed by atoms with van der Waals surface area (Å²) in [5, 5.41) is 0.511. The molecule has 0 fully saturated rings. The van der Waals surface area contributed by atoms with Crippen LogP contribution in [0.15, 0.2) is 39.5 Å². The Labute approximate surface area is 194 Å².